The molecule has 1 aromatic heterocycles. The molecule has 1 rings (SSSR count). The molecule has 0 saturated carbocycles. The fraction of sp³-hybridized carbons (Fsp3) is 0.636. The lowest BCUT2D eigenvalue weighted by molar-refractivity contribution is 0.428. The van der Waals surface area contributed by atoms with Crippen molar-refractivity contribution in [3.8, 4) is 0 Å². The molecule has 1 nitrogen and oxygen atoms in total. The predicted octanol–water partition coefficient (Wildman–Crippen LogP) is 3.19. The van der Waals surface area contributed by atoms with Crippen LogP contribution >= 0.6 is 11.3 Å². The van der Waals surface area contributed by atoms with Gasteiger partial charge in [0, 0.05) is 22.3 Å². The van der Waals surface area contributed by atoms with Gasteiger partial charge in [-0.2, -0.15) is 0 Å². The van der Waals surface area contributed by atoms with Crippen LogP contribution in [0.5, 0.6) is 0 Å². The van der Waals surface area contributed by atoms with Gasteiger partial charge < -0.3 is 5.32 Å². The molecule has 0 saturated heterocycles. The maximum atomic E-state index is 3.52. The molecule has 0 aliphatic carbocycles. The number of aryl methyl sites for hydroxylation is 1. The van der Waals surface area contributed by atoms with E-state index in [1.807, 2.05) is 11.3 Å². The summed E-state index contributed by atoms with van der Waals surface area (Å²) in [7, 11) is 0. The quantitative estimate of drug-likeness (QED) is 0.781. The summed E-state index contributed by atoms with van der Waals surface area (Å²) in [4.78, 5) is 2.83. The van der Waals surface area contributed by atoms with Gasteiger partial charge in [-0.3, -0.25) is 0 Å². The van der Waals surface area contributed by atoms with Crippen molar-refractivity contribution in [2.45, 2.75) is 40.3 Å². The van der Waals surface area contributed by atoms with Gasteiger partial charge in [-0.25, -0.2) is 0 Å². The highest BCUT2D eigenvalue weighted by Crippen LogP contribution is 2.15. The van der Waals surface area contributed by atoms with E-state index in [0.29, 0.717) is 12.0 Å². The molecule has 0 aliphatic heterocycles. The third-order valence-corrected chi connectivity index (χ3v) is 3.39. The van der Waals surface area contributed by atoms with Crippen LogP contribution in [0, 0.1) is 12.8 Å². The Labute approximate surface area is 85.2 Å². The van der Waals surface area contributed by atoms with Gasteiger partial charge in [-0.1, -0.05) is 13.8 Å². The van der Waals surface area contributed by atoms with Crippen molar-refractivity contribution in [2.75, 3.05) is 0 Å². The van der Waals surface area contributed by atoms with Gasteiger partial charge in [0.25, 0.3) is 0 Å². The number of nitrogens with one attached hydrogen (secondary N) is 1. The van der Waals surface area contributed by atoms with Crippen molar-refractivity contribution in [3.05, 3.63) is 21.9 Å². The van der Waals surface area contributed by atoms with Crippen LogP contribution in [-0.4, -0.2) is 6.04 Å². The molecule has 1 atom stereocenters. The Morgan fingerprint density at radius 2 is 2.00 bits per heavy atom. The zero-order chi connectivity index (χ0) is 9.84. The lowest BCUT2D eigenvalue weighted by atomic mass is 10.1. The second kappa shape index (κ2) is 4.77. The molecule has 0 fully saturated rings. The summed E-state index contributed by atoms with van der Waals surface area (Å²) in [5.74, 6) is 0.709. The first-order chi connectivity index (χ1) is 6.09. The first-order valence-corrected chi connectivity index (χ1v) is 5.70. The van der Waals surface area contributed by atoms with Crippen molar-refractivity contribution in [1.82, 2.24) is 5.32 Å². The lowest BCUT2D eigenvalue weighted by Crippen LogP contribution is -2.29. The average molecular weight is 197 g/mol. The highest BCUT2D eigenvalue weighted by atomic mass is 32.1. The largest absolute Gasteiger partial charge is 0.309 e. The fourth-order valence-corrected chi connectivity index (χ4v) is 1.92. The van der Waals surface area contributed by atoms with E-state index in [0.717, 1.165) is 6.54 Å². The minimum absolute atomic E-state index is 0.599. The van der Waals surface area contributed by atoms with Crippen molar-refractivity contribution in [2.24, 2.45) is 5.92 Å². The van der Waals surface area contributed by atoms with E-state index >= 15 is 0 Å². The van der Waals surface area contributed by atoms with E-state index in [1.54, 1.807) is 0 Å². The normalized spacial score (nSPS) is 13.6. The number of rotatable bonds is 4. The fourth-order valence-electron chi connectivity index (χ4n) is 1.08. The average Bonchev–Trinajstić information content (AvgIpc) is 2.47. The molecular formula is C11H19NS. The van der Waals surface area contributed by atoms with Crippen LogP contribution in [0.3, 0.4) is 0 Å². The van der Waals surface area contributed by atoms with Gasteiger partial charge in [0.05, 0.1) is 0 Å². The van der Waals surface area contributed by atoms with E-state index in [4.69, 9.17) is 0 Å². The Kier molecular flexibility index (Phi) is 3.94. The molecular weight excluding hydrogens is 178 g/mol. The minimum Gasteiger partial charge on any atom is -0.309 e. The van der Waals surface area contributed by atoms with E-state index in [9.17, 15) is 0 Å². The Morgan fingerprint density at radius 1 is 1.31 bits per heavy atom. The van der Waals surface area contributed by atoms with Crippen LogP contribution in [0.15, 0.2) is 12.1 Å². The lowest BCUT2D eigenvalue weighted by Gasteiger charge is -2.16. The van der Waals surface area contributed by atoms with Crippen molar-refractivity contribution >= 4 is 11.3 Å². The van der Waals surface area contributed by atoms with Crippen LogP contribution in [0.25, 0.3) is 0 Å². The summed E-state index contributed by atoms with van der Waals surface area (Å²) >= 11 is 1.88. The van der Waals surface area contributed by atoms with Crippen molar-refractivity contribution < 1.29 is 0 Å². The van der Waals surface area contributed by atoms with Gasteiger partial charge in [0.15, 0.2) is 0 Å². The van der Waals surface area contributed by atoms with E-state index < -0.39 is 0 Å². The van der Waals surface area contributed by atoms with Crippen LogP contribution in [0.1, 0.15) is 30.5 Å². The van der Waals surface area contributed by atoms with Crippen LogP contribution < -0.4 is 5.32 Å². The highest BCUT2D eigenvalue weighted by Gasteiger charge is 2.06. The predicted molar refractivity (Wildman–Crippen MR) is 60.2 cm³/mol. The molecule has 0 spiro atoms. The standard InChI is InChI=1S/C11H19NS/c1-8(2)10(4)12-7-11-6-5-9(3)13-11/h5-6,8,10,12H,7H2,1-4H3. The van der Waals surface area contributed by atoms with Gasteiger partial charge in [-0.05, 0) is 31.9 Å². The summed E-state index contributed by atoms with van der Waals surface area (Å²) in [6, 6.07) is 4.99. The summed E-state index contributed by atoms with van der Waals surface area (Å²) < 4.78 is 0. The monoisotopic (exact) mass is 197 g/mol. The molecule has 1 N–H and O–H groups in total. The SMILES string of the molecule is Cc1ccc(CNC(C)C(C)C)s1. The molecule has 0 radical (unpaired) electrons. The molecule has 0 aromatic carbocycles. The second-order valence-corrected chi connectivity index (χ2v) is 5.30. The molecule has 2 heteroatoms. The van der Waals surface area contributed by atoms with Gasteiger partial charge >= 0.3 is 0 Å². The third-order valence-electron chi connectivity index (χ3n) is 2.39. The van der Waals surface area contributed by atoms with Gasteiger partial charge in [0.1, 0.15) is 0 Å². The maximum Gasteiger partial charge on any atom is 0.0302 e. The summed E-state index contributed by atoms with van der Waals surface area (Å²) in [5, 5.41) is 3.52. The molecule has 1 aromatic rings. The first kappa shape index (κ1) is 10.7. The van der Waals surface area contributed by atoms with E-state index in [-0.39, 0.29) is 0 Å². The zero-order valence-electron chi connectivity index (χ0n) is 8.92. The number of thiophene rings is 1. The molecule has 1 heterocycles. The Bertz CT molecular complexity index is 252. The number of hydrogen-bond donors (Lipinski definition) is 1. The molecule has 74 valence electrons. The molecule has 0 amide bonds. The summed E-state index contributed by atoms with van der Waals surface area (Å²) in [6.45, 7) is 9.90. The molecule has 1 unspecified atom stereocenters. The van der Waals surface area contributed by atoms with Gasteiger partial charge in [-0.15, -0.1) is 11.3 Å². The summed E-state index contributed by atoms with van der Waals surface area (Å²) in [5.41, 5.74) is 0. The minimum atomic E-state index is 0.599. The Morgan fingerprint density at radius 3 is 2.46 bits per heavy atom. The Balaban J connectivity index is 2.35. The highest BCUT2D eigenvalue weighted by molar-refractivity contribution is 7.11. The third kappa shape index (κ3) is 3.49. The van der Waals surface area contributed by atoms with E-state index in [1.165, 1.54) is 9.75 Å². The van der Waals surface area contributed by atoms with Crippen LogP contribution in [0.2, 0.25) is 0 Å². The van der Waals surface area contributed by atoms with Crippen molar-refractivity contribution in [1.29, 1.82) is 0 Å². The first-order valence-electron chi connectivity index (χ1n) is 4.88. The molecule has 0 bridgehead atoms. The smallest absolute Gasteiger partial charge is 0.0302 e. The molecule has 13 heavy (non-hydrogen) atoms. The van der Waals surface area contributed by atoms with Crippen LogP contribution in [-0.2, 0) is 6.54 Å². The topological polar surface area (TPSA) is 12.0 Å². The van der Waals surface area contributed by atoms with Gasteiger partial charge in [0.2, 0.25) is 0 Å². The molecule has 0 aliphatic rings. The van der Waals surface area contributed by atoms with Crippen molar-refractivity contribution in [3.63, 3.8) is 0 Å². The second-order valence-electron chi connectivity index (χ2n) is 3.93. The number of hydrogen-bond acceptors (Lipinski definition) is 2. The van der Waals surface area contributed by atoms with Crippen LogP contribution in [0.4, 0.5) is 0 Å². The zero-order valence-corrected chi connectivity index (χ0v) is 9.74. The van der Waals surface area contributed by atoms with E-state index in [2.05, 4.69) is 45.1 Å². The maximum absolute atomic E-state index is 3.52. The Hall–Kier alpha value is -0.340. The summed E-state index contributed by atoms with van der Waals surface area (Å²) in [6.07, 6.45) is 0.